The molecule has 1 heterocycles. The van der Waals surface area contributed by atoms with E-state index < -0.39 is 53.5 Å². The molecule has 0 aromatic carbocycles. The molecule has 0 radical (unpaired) electrons. The molecule has 0 bridgehead atoms. The van der Waals surface area contributed by atoms with Gasteiger partial charge in [-0.05, 0) is 46.1 Å². The first kappa shape index (κ1) is 25.3. The van der Waals surface area contributed by atoms with Crippen molar-refractivity contribution in [3.8, 4) is 0 Å². The lowest BCUT2D eigenvalue weighted by atomic mass is 9.77. The highest BCUT2D eigenvalue weighted by atomic mass is 16.6. The van der Waals surface area contributed by atoms with Gasteiger partial charge in [0.15, 0.2) is 23.6 Å². The van der Waals surface area contributed by atoms with Crippen molar-refractivity contribution in [3.63, 3.8) is 0 Å². The fraction of sp³-hybridized carbons (Fsp3) is 0.500. The summed E-state index contributed by atoms with van der Waals surface area (Å²) >= 11 is 0. The summed E-state index contributed by atoms with van der Waals surface area (Å²) in [6, 6.07) is 0. The molecule has 8 nitrogen and oxygen atoms in total. The van der Waals surface area contributed by atoms with Crippen molar-refractivity contribution in [1.29, 1.82) is 0 Å². The lowest BCUT2D eigenvalue weighted by molar-refractivity contribution is -0.193. The van der Waals surface area contributed by atoms with E-state index in [0.717, 1.165) is 6.08 Å². The van der Waals surface area contributed by atoms with Crippen LogP contribution < -0.4 is 0 Å². The highest BCUT2D eigenvalue weighted by Gasteiger charge is 2.56. The van der Waals surface area contributed by atoms with Gasteiger partial charge in [0.1, 0.15) is 6.10 Å². The molecule has 1 N–H and O–H groups in total. The second-order valence-corrected chi connectivity index (χ2v) is 8.28. The van der Waals surface area contributed by atoms with Crippen LogP contribution >= 0.6 is 0 Å². The SMILES string of the molecule is C=C1C(=O)O[C@@H]2C[C@@H](C)/C=C\C(=O)[C@@](C)(O)[C@H](OC(=O)/C=C/C)[C@@H](OC(=O)/C(C)=C\C)[C@@H]12. The van der Waals surface area contributed by atoms with Crippen LogP contribution in [0.1, 0.15) is 41.0 Å². The number of ether oxygens (including phenoxy) is 3. The van der Waals surface area contributed by atoms with Gasteiger partial charge in [0, 0.05) is 17.2 Å². The molecule has 8 heteroatoms. The Hall–Kier alpha value is -3.00. The zero-order chi connectivity index (χ0) is 24.2. The number of esters is 3. The van der Waals surface area contributed by atoms with Crippen molar-refractivity contribution in [1.82, 2.24) is 0 Å². The van der Waals surface area contributed by atoms with Gasteiger partial charge in [-0.25, -0.2) is 14.4 Å². The number of rotatable bonds is 4. The van der Waals surface area contributed by atoms with Crippen LogP contribution in [0.2, 0.25) is 0 Å². The molecule has 0 spiro atoms. The Morgan fingerprint density at radius 2 is 1.94 bits per heavy atom. The molecule has 0 aromatic heterocycles. The highest BCUT2D eigenvalue weighted by molar-refractivity contribution is 5.98. The van der Waals surface area contributed by atoms with E-state index in [4.69, 9.17) is 14.2 Å². The van der Waals surface area contributed by atoms with E-state index in [2.05, 4.69) is 6.58 Å². The molecule has 0 saturated carbocycles. The minimum Gasteiger partial charge on any atom is -0.458 e. The van der Waals surface area contributed by atoms with Gasteiger partial charge >= 0.3 is 17.9 Å². The van der Waals surface area contributed by atoms with Crippen LogP contribution in [-0.4, -0.2) is 52.7 Å². The number of fused-ring (bicyclic) bond motifs is 1. The summed E-state index contributed by atoms with van der Waals surface area (Å²) in [4.78, 5) is 50.3. The maximum Gasteiger partial charge on any atom is 0.334 e. The molecule has 0 aromatic rings. The molecule has 2 rings (SSSR count). The van der Waals surface area contributed by atoms with Gasteiger partial charge in [0.05, 0.1) is 5.92 Å². The highest BCUT2D eigenvalue weighted by Crippen LogP contribution is 2.40. The summed E-state index contributed by atoms with van der Waals surface area (Å²) in [6.45, 7) is 11.6. The van der Waals surface area contributed by atoms with Crippen LogP contribution in [0, 0.1) is 11.8 Å². The molecule has 1 saturated heterocycles. The number of allylic oxidation sites excluding steroid dienone is 3. The quantitative estimate of drug-likeness (QED) is 0.397. The predicted octanol–water partition coefficient (Wildman–Crippen LogP) is 2.37. The Labute approximate surface area is 187 Å². The smallest absolute Gasteiger partial charge is 0.334 e. The van der Waals surface area contributed by atoms with Crippen molar-refractivity contribution < 1.29 is 38.5 Å². The molecule has 32 heavy (non-hydrogen) atoms. The van der Waals surface area contributed by atoms with Crippen LogP contribution in [0.5, 0.6) is 0 Å². The maximum atomic E-state index is 12.9. The van der Waals surface area contributed by atoms with E-state index in [1.54, 1.807) is 19.9 Å². The number of aliphatic hydroxyl groups is 1. The number of carbonyl (C=O) groups excluding carboxylic acids is 4. The monoisotopic (exact) mass is 446 g/mol. The Bertz CT molecular complexity index is 892. The lowest BCUT2D eigenvalue weighted by Gasteiger charge is -2.39. The van der Waals surface area contributed by atoms with Gasteiger partial charge < -0.3 is 19.3 Å². The molecule has 0 amide bonds. The zero-order valence-corrected chi connectivity index (χ0v) is 19.0. The molecule has 0 unspecified atom stereocenters. The lowest BCUT2D eigenvalue weighted by Crippen LogP contribution is -2.58. The van der Waals surface area contributed by atoms with Gasteiger partial charge in [-0.15, -0.1) is 0 Å². The Balaban J connectivity index is 2.70. The van der Waals surface area contributed by atoms with Crippen molar-refractivity contribution in [2.45, 2.75) is 65.0 Å². The second-order valence-electron chi connectivity index (χ2n) is 8.28. The van der Waals surface area contributed by atoms with E-state index in [1.807, 2.05) is 6.92 Å². The van der Waals surface area contributed by atoms with E-state index >= 15 is 0 Å². The molecule has 6 atom stereocenters. The molecule has 1 aliphatic heterocycles. The van der Waals surface area contributed by atoms with Gasteiger partial charge in [0.2, 0.25) is 0 Å². The number of hydrogen-bond acceptors (Lipinski definition) is 8. The molecular formula is C24H30O8. The maximum absolute atomic E-state index is 12.9. The normalized spacial score (nSPS) is 34.6. The summed E-state index contributed by atoms with van der Waals surface area (Å²) in [5, 5.41) is 11.2. The zero-order valence-electron chi connectivity index (χ0n) is 19.0. The summed E-state index contributed by atoms with van der Waals surface area (Å²) in [6.07, 6.45) is 3.36. The molecule has 1 aliphatic carbocycles. The van der Waals surface area contributed by atoms with Crippen LogP contribution in [0.25, 0.3) is 0 Å². The van der Waals surface area contributed by atoms with E-state index in [1.165, 1.54) is 32.1 Å². The van der Waals surface area contributed by atoms with Crippen molar-refractivity contribution in [2.24, 2.45) is 11.8 Å². The molecule has 174 valence electrons. The number of ketones is 1. The van der Waals surface area contributed by atoms with Crippen molar-refractivity contribution in [2.75, 3.05) is 0 Å². The second kappa shape index (κ2) is 10.1. The van der Waals surface area contributed by atoms with Crippen LogP contribution in [0.3, 0.4) is 0 Å². The van der Waals surface area contributed by atoms with Gasteiger partial charge in [0.25, 0.3) is 0 Å². The van der Waals surface area contributed by atoms with Crippen LogP contribution in [0.4, 0.5) is 0 Å². The molecule has 2 aliphatic rings. The first-order valence-corrected chi connectivity index (χ1v) is 10.5. The Morgan fingerprint density at radius 3 is 2.53 bits per heavy atom. The van der Waals surface area contributed by atoms with Crippen LogP contribution in [0.15, 0.2) is 48.1 Å². The van der Waals surface area contributed by atoms with Crippen LogP contribution in [-0.2, 0) is 33.4 Å². The topological polar surface area (TPSA) is 116 Å². The third-order valence-corrected chi connectivity index (χ3v) is 5.75. The van der Waals surface area contributed by atoms with E-state index in [-0.39, 0.29) is 17.1 Å². The molecule has 1 fully saturated rings. The average molecular weight is 446 g/mol. The first-order chi connectivity index (χ1) is 14.9. The summed E-state index contributed by atoms with van der Waals surface area (Å²) in [7, 11) is 0. The number of hydrogen-bond donors (Lipinski definition) is 1. The minimum atomic E-state index is -2.27. The number of carbonyl (C=O) groups is 4. The summed E-state index contributed by atoms with van der Waals surface area (Å²) < 4.78 is 16.6. The Morgan fingerprint density at radius 1 is 1.28 bits per heavy atom. The predicted molar refractivity (Wildman–Crippen MR) is 115 cm³/mol. The van der Waals surface area contributed by atoms with E-state index in [0.29, 0.717) is 6.42 Å². The fourth-order valence-electron chi connectivity index (χ4n) is 3.72. The fourth-order valence-corrected chi connectivity index (χ4v) is 3.72. The van der Waals surface area contributed by atoms with Crippen molar-refractivity contribution >= 4 is 23.7 Å². The largest absolute Gasteiger partial charge is 0.458 e. The van der Waals surface area contributed by atoms with Gasteiger partial charge in [-0.3, -0.25) is 4.79 Å². The summed E-state index contributed by atoms with van der Waals surface area (Å²) in [5.41, 5.74) is -2.00. The van der Waals surface area contributed by atoms with Gasteiger partial charge in [-0.2, -0.15) is 0 Å². The first-order valence-electron chi connectivity index (χ1n) is 10.5. The Kier molecular flexibility index (Phi) is 7.96. The molecular weight excluding hydrogens is 416 g/mol. The summed E-state index contributed by atoms with van der Waals surface area (Å²) in [5.74, 6) is -4.15. The third-order valence-electron chi connectivity index (χ3n) is 5.75. The van der Waals surface area contributed by atoms with Crippen molar-refractivity contribution in [3.05, 3.63) is 48.1 Å². The van der Waals surface area contributed by atoms with E-state index in [9.17, 15) is 24.3 Å². The standard InChI is InChI=1S/C24H30O8/c1-7-9-18(26)31-21-20(32-22(27)14(4)8-2)19-15(5)23(28)30-16(19)12-13(3)10-11-17(25)24(21,6)29/h7-11,13,16,19-21,29H,5,12H2,1-4,6H3/b9-7+,11-10-,14-8-/t13-,16+,19-,20-,21+,24+/m0/s1. The average Bonchev–Trinajstić information content (AvgIpc) is 3.00. The van der Waals surface area contributed by atoms with Gasteiger partial charge in [-0.1, -0.05) is 31.7 Å². The minimum absolute atomic E-state index is 0.0121. The third kappa shape index (κ3) is 5.24.